The van der Waals surface area contributed by atoms with Crippen LogP contribution in [0, 0.1) is 11.3 Å². The molecular weight excluding hydrogens is 345 g/mol. The number of para-hydroxylation sites is 1. The van der Waals surface area contributed by atoms with Crippen LogP contribution in [0.2, 0.25) is 5.82 Å². The minimum Gasteiger partial charge on any atom is -0.535 e. The minimum atomic E-state index is -1.26. The summed E-state index contributed by atoms with van der Waals surface area (Å²) in [7, 11) is -1.26. The van der Waals surface area contributed by atoms with Crippen LogP contribution in [-0.2, 0) is 11.2 Å². The van der Waals surface area contributed by atoms with E-state index in [-0.39, 0.29) is 29.9 Å². The van der Waals surface area contributed by atoms with Crippen molar-refractivity contribution in [1.82, 2.24) is 0 Å². The Morgan fingerprint density at radius 1 is 1.22 bits per heavy atom. The van der Waals surface area contributed by atoms with Crippen LogP contribution in [0.3, 0.4) is 0 Å². The summed E-state index contributed by atoms with van der Waals surface area (Å²) in [5.74, 6) is -2.14. The van der Waals surface area contributed by atoms with Crippen molar-refractivity contribution < 1.29 is 24.4 Å². The van der Waals surface area contributed by atoms with E-state index < -0.39 is 24.8 Å². The van der Waals surface area contributed by atoms with Crippen LogP contribution in [0.25, 0.3) is 0 Å². The van der Waals surface area contributed by atoms with Crippen LogP contribution in [0.5, 0.6) is 5.75 Å². The quantitative estimate of drug-likeness (QED) is 0.764. The van der Waals surface area contributed by atoms with E-state index in [0.29, 0.717) is 12.0 Å². The largest absolute Gasteiger partial charge is 0.535 e. The molecule has 0 fully saturated rings. The van der Waals surface area contributed by atoms with Crippen molar-refractivity contribution in [2.75, 3.05) is 0 Å². The minimum absolute atomic E-state index is 0.00931. The number of carboxylic acids is 1. The van der Waals surface area contributed by atoms with Crippen molar-refractivity contribution in [1.29, 1.82) is 5.26 Å². The summed E-state index contributed by atoms with van der Waals surface area (Å²) in [6.07, 6.45) is 0.459. The lowest BCUT2D eigenvalue weighted by atomic mass is 9.64. The van der Waals surface area contributed by atoms with Gasteiger partial charge in [0.05, 0.1) is 17.6 Å². The number of hydrogen-bond acceptors (Lipinski definition) is 5. The molecule has 1 aliphatic rings. The normalized spacial score (nSPS) is 16.6. The van der Waals surface area contributed by atoms with E-state index in [1.165, 1.54) is 6.07 Å². The molecule has 0 bridgehead atoms. The standard InChI is InChI=1S/C20H18BNO5/c22-12-15(13-5-2-1-3-6-13)10-17(23)11-16-9-14-7-4-8-18(20(24)25)19(14)27-21(16)26/h1-8,15-16,26H,9-11H2,(H,24,25)/t15?,16-/m1/s1. The smallest absolute Gasteiger partial charge is 0.526 e. The molecule has 6 nitrogen and oxygen atoms in total. The monoisotopic (exact) mass is 363 g/mol. The maximum atomic E-state index is 12.5. The first-order valence-corrected chi connectivity index (χ1v) is 8.65. The molecule has 0 radical (unpaired) electrons. The summed E-state index contributed by atoms with van der Waals surface area (Å²) in [6.45, 7) is 0. The Balaban J connectivity index is 1.69. The molecule has 27 heavy (non-hydrogen) atoms. The van der Waals surface area contributed by atoms with Crippen LogP contribution in [0.1, 0.15) is 40.2 Å². The van der Waals surface area contributed by atoms with Crippen molar-refractivity contribution in [3.63, 3.8) is 0 Å². The Hall–Kier alpha value is -3.11. The number of benzene rings is 2. The number of aromatic carboxylic acids is 1. The molecule has 7 heteroatoms. The first-order chi connectivity index (χ1) is 13.0. The third-order valence-electron chi connectivity index (χ3n) is 4.73. The zero-order chi connectivity index (χ0) is 19.4. The lowest BCUT2D eigenvalue weighted by molar-refractivity contribution is -0.119. The van der Waals surface area contributed by atoms with E-state index in [1.807, 2.05) is 30.3 Å². The van der Waals surface area contributed by atoms with E-state index in [4.69, 9.17) is 4.65 Å². The second-order valence-electron chi connectivity index (χ2n) is 6.61. The van der Waals surface area contributed by atoms with Gasteiger partial charge in [0, 0.05) is 18.7 Å². The highest BCUT2D eigenvalue weighted by molar-refractivity contribution is 6.47. The fourth-order valence-electron chi connectivity index (χ4n) is 3.35. The van der Waals surface area contributed by atoms with Gasteiger partial charge in [-0.05, 0) is 23.6 Å². The van der Waals surface area contributed by atoms with Gasteiger partial charge in [0.25, 0.3) is 0 Å². The number of Topliss-reactive ketones (excluding diaryl/α,β-unsaturated/α-hetero) is 1. The molecule has 1 aliphatic heterocycles. The Morgan fingerprint density at radius 2 is 1.96 bits per heavy atom. The summed E-state index contributed by atoms with van der Waals surface area (Å²) in [5.41, 5.74) is 1.42. The van der Waals surface area contributed by atoms with Gasteiger partial charge in [0.1, 0.15) is 11.5 Å². The van der Waals surface area contributed by atoms with Crippen LogP contribution in [-0.4, -0.2) is 29.0 Å². The summed E-state index contributed by atoms with van der Waals surface area (Å²) >= 11 is 0. The van der Waals surface area contributed by atoms with Crippen molar-refractivity contribution >= 4 is 18.9 Å². The predicted molar refractivity (Wildman–Crippen MR) is 98.5 cm³/mol. The van der Waals surface area contributed by atoms with E-state index in [9.17, 15) is 25.0 Å². The molecule has 2 aromatic rings. The van der Waals surface area contributed by atoms with E-state index >= 15 is 0 Å². The van der Waals surface area contributed by atoms with Gasteiger partial charge in [-0.2, -0.15) is 5.26 Å². The van der Waals surface area contributed by atoms with E-state index in [0.717, 1.165) is 5.56 Å². The Bertz CT molecular complexity index is 893. The number of carbonyl (C=O) groups is 2. The molecule has 1 heterocycles. The maximum absolute atomic E-state index is 12.5. The van der Waals surface area contributed by atoms with Gasteiger partial charge in [-0.1, -0.05) is 42.5 Å². The van der Waals surface area contributed by atoms with Crippen LogP contribution in [0.15, 0.2) is 48.5 Å². The number of ketones is 1. The number of carboxylic acid groups (broad SMARTS) is 1. The van der Waals surface area contributed by atoms with Crippen LogP contribution >= 0.6 is 0 Å². The first kappa shape index (κ1) is 18.7. The van der Waals surface area contributed by atoms with Crippen LogP contribution in [0.4, 0.5) is 0 Å². The van der Waals surface area contributed by atoms with Gasteiger partial charge in [-0.15, -0.1) is 0 Å². The molecule has 0 saturated carbocycles. The molecule has 0 aromatic heterocycles. The van der Waals surface area contributed by atoms with Crippen LogP contribution < -0.4 is 4.65 Å². The fraction of sp³-hybridized carbons (Fsp3) is 0.250. The zero-order valence-corrected chi connectivity index (χ0v) is 14.5. The number of rotatable bonds is 6. The highest BCUT2D eigenvalue weighted by Gasteiger charge is 2.38. The maximum Gasteiger partial charge on any atom is 0.526 e. The zero-order valence-electron chi connectivity index (χ0n) is 14.5. The summed E-state index contributed by atoms with van der Waals surface area (Å²) < 4.78 is 5.41. The van der Waals surface area contributed by atoms with Gasteiger partial charge < -0.3 is 14.8 Å². The molecular formula is C20H18BNO5. The number of nitriles is 1. The highest BCUT2D eigenvalue weighted by Crippen LogP contribution is 2.36. The number of nitrogens with zero attached hydrogens (tertiary/aromatic N) is 1. The third-order valence-corrected chi connectivity index (χ3v) is 4.73. The SMILES string of the molecule is N#CC(CC(=O)C[C@H]1Cc2cccc(C(=O)O)c2OB1O)c1ccccc1. The summed E-state index contributed by atoms with van der Waals surface area (Å²) in [4.78, 5) is 23.8. The van der Waals surface area contributed by atoms with Gasteiger partial charge in [0.15, 0.2) is 0 Å². The van der Waals surface area contributed by atoms with Crippen molar-refractivity contribution in [3.05, 3.63) is 65.2 Å². The van der Waals surface area contributed by atoms with Gasteiger partial charge >= 0.3 is 13.1 Å². The molecule has 0 aliphatic carbocycles. The fourth-order valence-corrected chi connectivity index (χ4v) is 3.35. The van der Waals surface area contributed by atoms with Crippen molar-refractivity contribution in [3.8, 4) is 11.8 Å². The molecule has 0 amide bonds. The lowest BCUT2D eigenvalue weighted by Gasteiger charge is -2.28. The number of hydrogen-bond donors (Lipinski definition) is 2. The van der Waals surface area contributed by atoms with Crippen molar-refractivity contribution in [2.45, 2.75) is 31.0 Å². The predicted octanol–water partition coefficient (Wildman–Crippen LogP) is 2.83. The van der Waals surface area contributed by atoms with Gasteiger partial charge in [-0.25, -0.2) is 4.79 Å². The molecule has 0 saturated heterocycles. The topological polar surface area (TPSA) is 108 Å². The molecule has 2 N–H and O–H groups in total. The third kappa shape index (κ3) is 4.18. The molecule has 136 valence electrons. The Labute approximate surface area is 157 Å². The second-order valence-corrected chi connectivity index (χ2v) is 6.61. The van der Waals surface area contributed by atoms with Gasteiger partial charge in [-0.3, -0.25) is 4.79 Å². The summed E-state index contributed by atoms with van der Waals surface area (Å²) in [6, 6.07) is 16.0. The Kier molecular flexibility index (Phi) is 5.58. The molecule has 1 unspecified atom stereocenters. The number of fused-ring (bicyclic) bond motifs is 1. The summed E-state index contributed by atoms with van der Waals surface area (Å²) in [5, 5.41) is 28.8. The average molecular weight is 363 g/mol. The lowest BCUT2D eigenvalue weighted by Crippen LogP contribution is -2.36. The first-order valence-electron chi connectivity index (χ1n) is 8.65. The molecule has 0 spiro atoms. The van der Waals surface area contributed by atoms with Gasteiger partial charge in [0.2, 0.25) is 0 Å². The van der Waals surface area contributed by atoms with E-state index in [2.05, 4.69) is 6.07 Å². The molecule has 3 rings (SSSR count). The second kappa shape index (κ2) is 8.06. The number of carbonyl (C=O) groups excluding carboxylic acids is 1. The molecule has 2 aromatic carbocycles. The van der Waals surface area contributed by atoms with E-state index in [1.54, 1.807) is 12.1 Å². The average Bonchev–Trinajstić information content (AvgIpc) is 2.66. The molecule has 2 atom stereocenters. The highest BCUT2D eigenvalue weighted by atomic mass is 16.5. The Morgan fingerprint density at radius 3 is 2.63 bits per heavy atom. The van der Waals surface area contributed by atoms with Crippen molar-refractivity contribution in [2.24, 2.45) is 0 Å².